The van der Waals surface area contributed by atoms with Crippen molar-refractivity contribution in [2.45, 2.75) is 18.9 Å². The summed E-state index contributed by atoms with van der Waals surface area (Å²) < 4.78 is 11.2. The topological polar surface area (TPSA) is 50.7 Å². The zero-order valence-electron chi connectivity index (χ0n) is 10.1. The van der Waals surface area contributed by atoms with Crippen molar-refractivity contribution in [3.8, 4) is 11.5 Å². The van der Waals surface area contributed by atoms with Crippen LogP contribution in [0.4, 0.5) is 0 Å². The van der Waals surface area contributed by atoms with E-state index in [9.17, 15) is 0 Å². The second kappa shape index (κ2) is 5.89. The number of nitrogens with one attached hydrogen (secondary N) is 1. The second-order valence-electron chi connectivity index (χ2n) is 4.11. The Balaban J connectivity index is 2.21. The predicted molar refractivity (Wildman–Crippen MR) is 65.6 cm³/mol. The van der Waals surface area contributed by atoms with Gasteiger partial charge in [0.1, 0.15) is 0 Å². The van der Waals surface area contributed by atoms with E-state index in [2.05, 4.69) is 5.32 Å². The van der Waals surface area contributed by atoms with Crippen LogP contribution in [0.5, 0.6) is 11.5 Å². The minimum absolute atomic E-state index is 0.150. The molecule has 4 nitrogen and oxygen atoms in total. The summed E-state index contributed by atoms with van der Waals surface area (Å²) in [6.45, 7) is 1.57. The molecular weight excluding hydrogens is 218 g/mol. The first-order valence-electron chi connectivity index (χ1n) is 6.03. The lowest BCUT2D eigenvalue weighted by atomic mass is 10.0. The summed E-state index contributed by atoms with van der Waals surface area (Å²) in [6, 6.07) is 6.11. The molecule has 1 atom stereocenters. The third-order valence-corrected chi connectivity index (χ3v) is 2.94. The summed E-state index contributed by atoms with van der Waals surface area (Å²) in [5.41, 5.74) is 1.12. The largest absolute Gasteiger partial charge is 0.490 e. The smallest absolute Gasteiger partial charge is 0.161 e. The molecular formula is C13H19NO3. The maximum Gasteiger partial charge on any atom is 0.161 e. The maximum atomic E-state index is 9.02. The molecule has 0 bridgehead atoms. The molecule has 0 amide bonds. The molecule has 1 aliphatic rings. The summed E-state index contributed by atoms with van der Waals surface area (Å²) in [6.07, 6.45) is 1.60. The molecule has 4 heteroatoms. The molecule has 2 N–H and O–H groups in total. The van der Waals surface area contributed by atoms with Gasteiger partial charge in [-0.15, -0.1) is 0 Å². The van der Waals surface area contributed by atoms with Gasteiger partial charge in [0.15, 0.2) is 11.5 Å². The van der Waals surface area contributed by atoms with E-state index < -0.39 is 0 Å². The first-order valence-corrected chi connectivity index (χ1v) is 6.03. The van der Waals surface area contributed by atoms with Gasteiger partial charge in [0, 0.05) is 19.1 Å². The van der Waals surface area contributed by atoms with E-state index in [1.807, 2.05) is 25.2 Å². The van der Waals surface area contributed by atoms with Gasteiger partial charge in [-0.05, 0) is 31.2 Å². The summed E-state index contributed by atoms with van der Waals surface area (Å²) in [5.74, 6) is 1.61. The first-order chi connectivity index (χ1) is 8.35. The summed E-state index contributed by atoms with van der Waals surface area (Å²) in [5, 5.41) is 12.2. The zero-order chi connectivity index (χ0) is 12.1. The summed E-state index contributed by atoms with van der Waals surface area (Å²) in [4.78, 5) is 0. The Hall–Kier alpha value is -1.26. The normalized spacial score (nSPS) is 16.4. The monoisotopic (exact) mass is 237 g/mol. The Kier molecular flexibility index (Phi) is 4.23. The highest BCUT2D eigenvalue weighted by molar-refractivity contribution is 5.44. The van der Waals surface area contributed by atoms with E-state index in [1.165, 1.54) is 0 Å². The Morgan fingerprint density at radius 1 is 1.29 bits per heavy atom. The molecule has 0 aromatic heterocycles. The fraction of sp³-hybridized carbons (Fsp3) is 0.538. The van der Waals surface area contributed by atoms with Gasteiger partial charge in [-0.3, -0.25) is 0 Å². The summed E-state index contributed by atoms with van der Waals surface area (Å²) in [7, 11) is 1.89. The third kappa shape index (κ3) is 2.90. The summed E-state index contributed by atoms with van der Waals surface area (Å²) >= 11 is 0. The van der Waals surface area contributed by atoms with Crippen molar-refractivity contribution in [1.29, 1.82) is 0 Å². The Morgan fingerprint density at radius 3 is 2.76 bits per heavy atom. The van der Waals surface area contributed by atoms with Gasteiger partial charge in [0.25, 0.3) is 0 Å². The van der Waals surface area contributed by atoms with Gasteiger partial charge in [-0.1, -0.05) is 6.07 Å². The molecule has 0 spiro atoms. The highest BCUT2D eigenvalue weighted by Crippen LogP contribution is 2.32. The van der Waals surface area contributed by atoms with Gasteiger partial charge >= 0.3 is 0 Å². The molecule has 94 valence electrons. The van der Waals surface area contributed by atoms with Crippen LogP contribution in [0.2, 0.25) is 0 Å². The van der Waals surface area contributed by atoms with Crippen LogP contribution in [-0.4, -0.2) is 32.0 Å². The SMILES string of the molecule is CNC(CCO)c1ccc2c(c1)OCCCO2. The Bertz CT molecular complexity index is 368. The molecule has 2 rings (SSSR count). The number of hydrogen-bond donors (Lipinski definition) is 2. The van der Waals surface area contributed by atoms with Crippen LogP contribution in [0.25, 0.3) is 0 Å². The zero-order valence-corrected chi connectivity index (χ0v) is 10.1. The number of rotatable bonds is 4. The molecule has 0 radical (unpaired) electrons. The molecule has 0 saturated heterocycles. The number of ether oxygens (including phenoxy) is 2. The van der Waals surface area contributed by atoms with Crippen molar-refractivity contribution in [3.63, 3.8) is 0 Å². The molecule has 17 heavy (non-hydrogen) atoms. The minimum Gasteiger partial charge on any atom is -0.490 e. The van der Waals surface area contributed by atoms with E-state index in [0.29, 0.717) is 19.6 Å². The highest BCUT2D eigenvalue weighted by Gasteiger charge is 2.14. The van der Waals surface area contributed by atoms with Crippen molar-refractivity contribution in [1.82, 2.24) is 5.32 Å². The van der Waals surface area contributed by atoms with Crippen molar-refractivity contribution in [2.24, 2.45) is 0 Å². The van der Waals surface area contributed by atoms with E-state index in [1.54, 1.807) is 0 Å². The lowest BCUT2D eigenvalue weighted by Crippen LogP contribution is -2.17. The molecule has 1 aliphatic heterocycles. The number of hydrogen-bond acceptors (Lipinski definition) is 4. The standard InChI is InChI=1S/C13H19NO3/c1-14-11(5-6-15)10-3-4-12-13(9-10)17-8-2-7-16-12/h3-4,9,11,14-15H,2,5-8H2,1H3. The van der Waals surface area contributed by atoms with Crippen molar-refractivity contribution >= 4 is 0 Å². The Morgan fingerprint density at radius 2 is 2.06 bits per heavy atom. The van der Waals surface area contributed by atoms with Crippen LogP contribution in [-0.2, 0) is 0 Å². The van der Waals surface area contributed by atoms with Crippen LogP contribution in [0, 0.1) is 0 Å². The van der Waals surface area contributed by atoms with Gasteiger partial charge < -0.3 is 19.9 Å². The van der Waals surface area contributed by atoms with Gasteiger partial charge in [-0.2, -0.15) is 0 Å². The number of benzene rings is 1. The van der Waals surface area contributed by atoms with E-state index in [4.69, 9.17) is 14.6 Å². The average Bonchev–Trinajstić information content (AvgIpc) is 2.60. The average molecular weight is 237 g/mol. The molecule has 0 saturated carbocycles. The lowest BCUT2D eigenvalue weighted by molar-refractivity contribution is 0.268. The third-order valence-electron chi connectivity index (χ3n) is 2.94. The van der Waals surface area contributed by atoms with Crippen molar-refractivity contribution in [3.05, 3.63) is 23.8 Å². The molecule has 0 aliphatic carbocycles. The Labute approximate surface area is 102 Å². The number of fused-ring (bicyclic) bond motifs is 1. The van der Waals surface area contributed by atoms with Crippen LogP contribution in [0.15, 0.2) is 18.2 Å². The lowest BCUT2D eigenvalue weighted by Gasteiger charge is -2.17. The molecule has 1 aromatic carbocycles. The number of aliphatic hydroxyl groups is 1. The van der Waals surface area contributed by atoms with E-state index in [-0.39, 0.29) is 12.6 Å². The van der Waals surface area contributed by atoms with Crippen LogP contribution in [0.3, 0.4) is 0 Å². The minimum atomic E-state index is 0.150. The van der Waals surface area contributed by atoms with Crippen LogP contribution >= 0.6 is 0 Å². The van der Waals surface area contributed by atoms with Crippen LogP contribution in [0.1, 0.15) is 24.4 Å². The predicted octanol–water partition coefficient (Wildman–Crippen LogP) is 1.49. The highest BCUT2D eigenvalue weighted by atomic mass is 16.5. The maximum absolute atomic E-state index is 9.02. The molecule has 1 unspecified atom stereocenters. The second-order valence-corrected chi connectivity index (χ2v) is 4.11. The molecule has 1 heterocycles. The fourth-order valence-electron chi connectivity index (χ4n) is 2.00. The van der Waals surface area contributed by atoms with Crippen LogP contribution < -0.4 is 14.8 Å². The van der Waals surface area contributed by atoms with Crippen molar-refractivity contribution in [2.75, 3.05) is 26.9 Å². The fourth-order valence-corrected chi connectivity index (χ4v) is 2.00. The molecule has 0 fully saturated rings. The van der Waals surface area contributed by atoms with Crippen molar-refractivity contribution < 1.29 is 14.6 Å². The van der Waals surface area contributed by atoms with E-state index >= 15 is 0 Å². The quantitative estimate of drug-likeness (QED) is 0.833. The van der Waals surface area contributed by atoms with Gasteiger partial charge in [-0.25, -0.2) is 0 Å². The van der Waals surface area contributed by atoms with E-state index in [0.717, 1.165) is 23.5 Å². The van der Waals surface area contributed by atoms with Gasteiger partial charge in [0.2, 0.25) is 0 Å². The molecule has 1 aromatic rings. The number of aliphatic hydroxyl groups excluding tert-OH is 1. The van der Waals surface area contributed by atoms with Gasteiger partial charge in [0.05, 0.1) is 13.2 Å². The first kappa shape index (κ1) is 12.2.